The first-order valence-corrected chi connectivity index (χ1v) is 11.8. The molecule has 1 amide bonds. The maximum absolute atomic E-state index is 13.3. The summed E-state index contributed by atoms with van der Waals surface area (Å²) in [6.45, 7) is 6.19. The third-order valence-corrected chi connectivity index (χ3v) is 6.38. The van der Waals surface area contributed by atoms with Gasteiger partial charge in [-0.15, -0.1) is 0 Å². The molecule has 1 fully saturated rings. The predicted octanol–water partition coefficient (Wildman–Crippen LogP) is 4.59. The molecule has 0 aliphatic carbocycles. The van der Waals surface area contributed by atoms with Crippen LogP contribution in [-0.4, -0.2) is 39.4 Å². The molecule has 2 unspecified atom stereocenters. The Balaban J connectivity index is 1.59. The van der Waals surface area contributed by atoms with E-state index in [1.54, 1.807) is 67.0 Å². The van der Waals surface area contributed by atoms with Crippen LogP contribution in [0.3, 0.4) is 0 Å². The van der Waals surface area contributed by atoms with E-state index in [-0.39, 0.29) is 24.0 Å². The van der Waals surface area contributed by atoms with Crippen molar-refractivity contribution < 1.29 is 24.2 Å². The molecule has 7 heteroatoms. The number of hydrogen-bond acceptors (Lipinski definition) is 6. The summed E-state index contributed by atoms with van der Waals surface area (Å²) in [6.07, 6.45) is 5.69. The highest BCUT2D eigenvalue weighted by molar-refractivity contribution is 6.46. The molecule has 3 aromatic rings. The molecule has 0 bridgehead atoms. The van der Waals surface area contributed by atoms with Crippen LogP contribution < -0.4 is 9.47 Å². The molecule has 2 atom stereocenters. The number of fused-ring (bicyclic) bond motifs is 1. The van der Waals surface area contributed by atoms with Gasteiger partial charge in [-0.25, -0.2) is 0 Å². The number of hydrogen-bond donors (Lipinski definition) is 1. The fourth-order valence-electron chi connectivity index (χ4n) is 4.70. The SMILES string of the molecule is C=CCOc1ccc(C2C(=C(O)c3ccc4c(c3)CC(C)O4)C(=O)C(=O)N2Cc2ccncc2)cc1. The highest BCUT2D eigenvalue weighted by Crippen LogP contribution is 2.41. The molecular formula is C29H26N2O5. The second-order valence-electron chi connectivity index (χ2n) is 8.91. The van der Waals surface area contributed by atoms with E-state index in [0.29, 0.717) is 29.9 Å². The fourth-order valence-corrected chi connectivity index (χ4v) is 4.70. The van der Waals surface area contributed by atoms with Crippen LogP contribution in [0.4, 0.5) is 0 Å². The summed E-state index contributed by atoms with van der Waals surface area (Å²) < 4.78 is 11.4. The van der Waals surface area contributed by atoms with Crippen LogP contribution in [0.15, 0.2) is 85.2 Å². The monoisotopic (exact) mass is 482 g/mol. The minimum Gasteiger partial charge on any atom is -0.507 e. The van der Waals surface area contributed by atoms with Crippen molar-refractivity contribution in [3.63, 3.8) is 0 Å². The zero-order valence-electron chi connectivity index (χ0n) is 19.9. The van der Waals surface area contributed by atoms with Crippen LogP contribution in [0.1, 0.15) is 35.2 Å². The molecule has 1 aromatic heterocycles. The number of Topliss-reactive ketones (excluding diaryl/α,β-unsaturated/α-hetero) is 1. The standard InChI is InChI=1S/C29H26N2O5/c1-3-14-35-23-7-4-20(5-8-23)26-25(27(32)21-6-9-24-22(16-21)15-18(2)36-24)28(33)29(34)31(26)17-19-10-12-30-13-11-19/h3-13,16,18,26,32H,1,14-15,17H2,2H3. The van der Waals surface area contributed by atoms with E-state index in [4.69, 9.17) is 9.47 Å². The quantitative estimate of drug-likeness (QED) is 0.229. The summed E-state index contributed by atoms with van der Waals surface area (Å²) in [5, 5.41) is 11.4. The lowest BCUT2D eigenvalue weighted by Gasteiger charge is -2.25. The van der Waals surface area contributed by atoms with Crippen LogP contribution in [0.2, 0.25) is 0 Å². The van der Waals surface area contributed by atoms with Gasteiger partial charge in [0.1, 0.15) is 30.0 Å². The second-order valence-corrected chi connectivity index (χ2v) is 8.91. The highest BCUT2D eigenvalue weighted by atomic mass is 16.5. The topological polar surface area (TPSA) is 89.0 Å². The molecule has 2 aliphatic rings. The molecule has 1 N–H and O–H groups in total. The van der Waals surface area contributed by atoms with Crippen LogP contribution in [-0.2, 0) is 22.6 Å². The van der Waals surface area contributed by atoms with Gasteiger partial charge in [-0.2, -0.15) is 0 Å². The Bertz CT molecular complexity index is 1350. The maximum atomic E-state index is 13.3. The molecule has 1 saturated heterocycles. The number of rotatable bonds is 7. The minimum atomic E-state index is -0.768. The van der Waals surface area contributed by atoms with Crippen molar-refractivity contribution in [2.24, 2.45) is 0 Å². The third kappa shape index (κ3) is 4.35. The van der Waals surface area contributed by atoms with Crippen LogP contribution in [0.5, 0.6) is 11.5 Å². The smallest absolute Gasteiger partial charge is 0.295 e. The number of aromatic nitrogens is 1. The molecule has 5 rings (SSSR count). The Morgan fingerprint density at radius 3 is 2.64 bits per heavy atom. The van der Waals surface area contributed by atoms with Crippen molar-refractivity contribution in [3.8, 4) is 11.5 Å². The first-order chi connectivity index (χ1) is 17.5. The van der Waals surface area contributed by atoms with Crippen LogP contribution in [0.25, 0.3) is 5.76 Å². The average Bonchev–Trinajstić information content (AvgIpc) is 3.39. The number of aliphatic hydroxyl groups excluding tert-OH is 1. The zero-order chi connectivity index (χ0) is 25.2. The van der Waals surface area contributed by atoms with Gasteiger partial charge in [0.15, 0.2) is 0 Å². The Morgan fingerprint density at radius 2 is 1.92 bits per heavy atom. The van der Waals surface area contributed by atoms with Gasteiger partial charge in [-0.3, -0.25) is 14.6 Å². The van der Waals surface area contributed by atoms with E-state index in [1.165, 1.54) is 4.90 Å². The zero-order valence-corrected chi connectivity index (χ0v) is 19.9. The summed E-state index contributed by atoms with van der Waals surface area (Å²) in [7, 11) is 0. The van der Waals surface area contributed by atoms with Crippen molar-refractivity contribution in [3.05, 3.63) is 107 Å². The Morgan fingerprint density at radius 1 is 1.17 bits per heavy atom. The third-order valence-electron chi connectivity index (χ3n) is 6.38. The molecular weight excluding hydrogens is 456 g/mol. The molecule has 182 valence electrons. The Hall–Kier alpha value is -4.39. The van der Waals surface area contributed by atoms with E-state index in [2.05, 4.69) is 11.6 Å². The van der Waals surface area contributed by atoms with Crippen molar-refractivity contribution in [1.82, 2.24) is 9.88 Å². The number of amides is 1. The first-order valence-electron chi connectivity index (χ1n) is 11.8. The van der Waals surface area contributed by atoms with Crippen molar-refractivity contribution in [2.45, 2.75) is 32.0 Å². The lowest BCUT2D eigenvalue weighted by atomic mass is 9.94. The highest BCUT2D eigenvalue weighted by Gasteiger charge is 2.46. The average molecular weight is 483 g/mol. The van der Waals surface area contributed by atoms with Crippen molar-refractivity contribution in [2.75, 3.05) is 6.61 Å². The normalized spacial score (nSPS) is 20.2. The van der Waals surface area contributed by atoms with Crippen molar-refractivity contribution >= 4 is 17.4 Å². The number of ketones is 1. The number of nitrogens with zero attached hydrogens (tertiary/aromatic N) is 2. The summed E-state index contributed by atoms with van der Waals surface area (Å²) in [5.41, 5.74) is 3.00. The van der Waals surface area contributed by atoms with Crippen LogP contribution in [0, 0.1) is 0 Å². The number of ether oxygens (including phenoxy) is 2. The van der Waals surface area contributed by atoms with Gasteiger partial charge >= 0.3 is 0 Å². The summed E-state index contributed by atoms with van der Waals surface area (Å²) in [4.78, 5) is 32.1. The van der Waals surface area contributed by atoms with Gasteiger partial charge in [0.2, 0.25) is 0 Å². The minimum absolute atomic E-state index is 0.0464. The number of pyridine rings is 1. The number of carbonyl (C=O) groups excluding carboxylic acids is 2. The lowest BCUT2D eigenvalue weighted by Crippen LogP contribution is -2.29. The molecule has 0 saturated carbocycles. The van der Waals surface area contributed by atoms with Crippen LogP contribution >= 0.6 is 0 Å². The molecule has 7 nitrogen and oxygen atoms in total. The van der Waals surface area contributed by atoms with E-state index >= 15 is 0 Å². The number of likely N-dealkylation sites (tertiary alicyclic amines) is 1. The van der Waals surface area contributed by atoms with E-state index in [1.807, 2.05) is 13.0 Å². The number of benzene rings is 2. The van der Waals surface area contributed by atoms with Gasteiger partial charge in [-0.05, 0) is 66.1 Å². The van der Waals surface area contributed by atoms with E-state index in [0.717, 1.165) is 16.9 Å². The molecule has 2 aliphatic heterocycles. The largest absolute Gasteiger partial charge is 0.507 e. The molecule has 36 heavy (non-hydrogen) atoms. The second kappa shape index (κ2) is 9.70. The number of aliphatic hydroxyl groups is 1. The fraction of sp³-hybridized carbons (Fsp3) is 0.207. The molecule has 0 radical (unpaired) electrons. The maximum Gasteiger partial charge on any atom is 0.295 e. The molecule has 0 spiro atoms. The first kappa shape index (κ1) is 23.4. The van der Waals surface area contributed by atoms with Gasteiger partial charge in [0.25, 0.3) is 11.7 Å². The summed E-state index contributed by atoms with van der Waals surface area (Å²) >= 11 is 0. The van der Waals surface area contributed by atoms with Crippen molar-refractivity contribution in [1.29, 1.82) is 0 Å². The van der Waals surface area contributed by atoms with Gasteiger partial charge in [0, 0.05) is 30.9 Å². The summed E-state index contributed by atoms with van der Waals surface area (Å²) in [5.74, 6) is -0.182. The Kier molecular flexibility index (Phi) is 6.29. The number of carbonyl (C=O) groups is 2. The van der Waals surface area contributed by atoms with E-state index < -0.39 is 17.7 Å². The molecule has 2 aromatic carbocycles. The van der Waals surface area contributed by atoms with Gasteiger partial charge < -0.3 is 19.5 Å². The van der Waals surface area contributed by atoms with E-state index in [9.17, 15) is 14.7 Å². The lowest BCUT2D eigenvalue weighted by molar-refractivity contribution is -0.140. The predicted molar refractivity (Wildman–Crippen MR) is 134 cm³/mol. The molecule has 3 heterocycles. The van der Waals surface area contributed by atoms with Gasteiger partial charge in [-0.1, -0.05) is 24.8 Å². The van der Waals surface area contributed by atoms with Gasteiger partial charge in [0.05, 0.1) is 11.6 Å². The Labute approximate surface area is 209 Å². The summed E-state index contributed by atoms with van der Waals surface area (Å²) in [6, 6.07) is 15.3.